The summed E-state index contributed by atoms with van der Waals surface area (Å²) in [7, 11) is 0. The maximum absolute atomic E-state index is 13.9. The zero-order valence-corrected chi connectivity index (χ0v) is 23.5. The lowest BCUT2D eigenvalue weighted by molar-refractivity contribution is -0.133. The summed E-state index contributed by atoms with van der Waals surface area (Å²) in [6.07, 6.45) is 3.32. The van der Waals surface area contributed by atoms with E-state index in [-0.39, 0.29) is 18.3 Å². The molecule has 0 saturated heterocycles. The van der Waals surface area contributed by atoms with Crippen LogP contribution >= 0.6 is 0 Å². The fourth-order valence-electron chi connectivity index (χ4n) is 7.24. The second kappa shape index (κ2) is 8.21. The van der Waals surface area contributed by atoms with Gasteiger partial charge in [0, 0.05) is 51.6 Å². The predicted octanol–water partition coefficient (Wildman–Crippen LogP) is 6.55. The maximum Gasteiger partial charge on any atom is 0.215 e. The largest absolute Gasteiger partial charge is 0.371 e. The summed E-state index contributed by atoms with van der Waals surface area (Å²) in [4.78, 5) is 44.4. The Balaban J connectivity index is 1.72. The number of aryl methyl sites for hydroxylation is 2. The third kappa shape index (κ3) is 2.98. The first kappa shape index (κ1) is 24.9. The molecule has 2 aliphatic heterocycles. The number of allylic oxidation sites excluding steroid dienone is 2. The van der Waals surface area contributed by atoms with E-state index in [0.29, 0.717) is 34.3 Å². The van der Waals surface area contributed by atoms with Crippen molar-refractivity contribution in [2.45, 2.75) is 71.3 Å². The number of hydrogen-bond acceptors (Lipinski definition) is 5. The van der Waals surface area contributed by atoms with Crippen LogP contribution in [-0.4, -0.2) is 36.6 Å². The average molecular weight is 533 g/mol. The first-order valence-corrected chi connectivity index (χ1v) is 14.0. The molecule has 0 unspecified atom stereocenters. The highest BCUT2D eigenvalue weighted by Gasteiger charge is 2.57. The van der Waals surface area contributed by atoms with E-state index in [2.05, 4.69) is 56.4 Å². The Morgan fingerprint density at radius 2 is 1.77 bits per heavy atom. The second-order valence-electron chi connectivity index (χ2n) is 11.6. The molecular weight excluding hydrogens is 500 g/mol. The molecule has 5 heterocycles. The third-order valence-corrected chi connectivity index (χ3v) is 9.64. The average Bonchev–Trinajstić information content (AvgIpc) is 3.62. The number of carbonyl (C=O) groups is 2. The highest BCUT2D eigenvalue weighted by molar-refractivity contribution is 6.27. The van der Waals surface area contributed by atoms with Crippen LogP contribution in [0.2, 0.25) is 0 Å². The van der Waals surface area contributed by atoms with E-state index >= 15 is 0 Å². The van der Waals surface area contributed by atoms with Crippen LogP contribution in [0.15, 0.2) is 24.8 Å². The van der Waals surface area contributed by atoms with Crippen LogP contribution in [0.3, 0.4) is 0 Å². The molecular formula is C33H32N4O3. The highest BCUT2D eigenvalue weighted by Crippen LogP contribution is 2.52. The summed E-state index contributed by atoms with van der Waals surface area (Å²) >= 11 is 0. The molecule has 7 heteroatoms. The van der Waals surface area contributed by atoms with Crippen LogP contribution < -0.4 is 0 Å². The number of carbonyl (C=O) groups excluding carboxylic acids is 2. The van der Waals surface area contributed by atoms with E-state index < -0.39 is 17.2 Å². The van der Waals surface area contributed by atoms with Crippen molar-refractivity contribution >= 4 is 50.9 Å². The SMILES string of the molecule is C=Cc1c(C)c2cc3nc4c5c6[nH]c(cc7nc(cc1[nH]2)C(C)=C7CC)c(C)c6C(=O)[C@@]5(O)C(=O)CC[C@H]4[C@@H]3C. The summed E-state index contributed by atoms with van der Waals surface area (Å²) < 4.78 is 0. The van der Waals surface area contributed by atoms with Crippen LogP contribution in [-0.2, 0) is 10.4 Å². The molecule has 0 amide bonds. The minimum atomic E-state index is -2.21. The van der Waals surface area contributed by atoms with Gasteiger partial charge in [-0.1, -0.05) is 26.5 Å². The lowest BCUT2D eigenvalue weighted by Crippen LogP contribution is -2.40. The van der Waals surface area contributed by atoms with Gasteiger partial charge >= 0.3 is 0 Å². The smallest absolute Gasteiger partial charge is 0.215 e. The number of hydrogen-bond donors (Lipinski definition) is 3. The van der Waals surface area contributed by atoms with Crippen LogP contribution in [0.4, 0.5) is 0 Å². The molecule has 0 spiro atoms. The van der Waals surface area contributed by atoms with Crippen molar-refractivity contribution in [3.8, 4) is 0 Å². The van der Waals surface area contributed by atoms with E-state index in [1.54, 1.807) is 0 Å². The number of aromatic amines is 2. The van der Waals surface area contributed by atoms with Crippen LogP contribution in [0.5, 0.6) is 0 Å². The molecule has 3 atom stereocenters. The van der Waals surface area contributed by atoms with E-state index in [0.717, 1.165) is 62.3 Å². The number of aromatic nitrogens is 4. The summed E-state index contributed by atoms with van der Waals surface area (Å²) in [6.45, 7) is 14.3. The fourth-order valence-corrected chi connectivity index (χ4v) is 7.24. The molecule has 40 heavy (non-hydrogen) atoms. The van der Waals surface area contributed by atoms with Crippen molar-refractivity contribution in [3.05, 3.63) is 75.4 Å². The zero-order chi connectivity index (χ0) is 28.2. The number of ketones is 2. The van der Waals surface area contributed by atoms with Crippen molar-refractivity contribution in [3.63, 3.8) is 0 Å². The van der Waals surface area contributed by atoms with Gasteiger partial charge in [-0.05, 0) is 74.1 Å². The summed E-state index contributed by atoms with van der Waals surface area (Å²) in [5.74, 6) is -1.08. The summed E-state index contributed by atoms with van der Waals surface area (Å²) in [5, 5.41) is 11.9. The monoisotopic (exact) mass is 532 g/mol. The van der Waals surface area contributed by atoms with Crippen molar-refractivity contribution in [1.29, 1.82) is 0 Å². The van der Waals surface area contributed by atoms with Gasteiger partial charge in [0.2, 0.25) is 11.4 Å². The van der Waals surface area contributed by atoms with Crippen molar-refractivity contribution in [2.75, 3.05) is 0 Å². The molecule has 8 bridgehead atoms. The number of fused-ring (bicyclic) bond motifs is 6. The van der Waals surface area contributed by atoms with Crippen LogP contribution in [0.25, 0.3) is 39.3 Å². The summed E-state index contributed by atoms with van der Waals surface area (Å²) in [6, 6.07) is 6.13. The van der Waals surface area contributed by atoms with Gasteiger partial charge in [-0.25, -0.2) is 4.98 Å². The van der Waals surface area contributed by atoms with Crippen LogP contribution in [0.1, 0.15) is 107 Å². The molecule has 7 rings (SSSR count). The van der Waals surface area contributed by atoms with Gasteiger partial charge in [-0.15, -0.1) is 0 Å². The maximum atomic E-state index is 13.9. The first-order chi connectivity index (χ1) is 19.1. The van der Waals surface area contributed by atoms with Crippen molar-refractivity contribution < 1.29 is 14.7 Å². The molecule has 2 aliphatic carbocycles. The van der Waals surface area contributed by atoms with Gasteiger partial charge < -0.3 is 15.1 Å². The number of Topliss-reactive ketones (excluding diaryl/α,β-unsaturated/α-hetero) is 2. The molecule has 202 valence electrons. The Hall–Kier alpha value is -4.10. The number of aliphatic hydroxyl groups is 1. The van der Waals surface area contributed by atoms with Gasteiger partial charge in [-0.3, -0.25) is 14.6 Å². The summed E-state index contributed by atoms with van der Waals surface area (Å²) in [5.41, 5.74) is 9.85. The lowest BCUT2D eigenvalue weighted by atomic mass is 9.86. The van der Waals surface area contributed by atoms with Crippen molar-refractivity contribution in [2.24, 2.45) is 0 Å². The standard InChI is InChI=1S/C33H32N4O3/c1-7-18-14(3)21-11-23-16(5)20-9-10-27(38)33(40)29(30(20)36-23)31-28(32(33)39)17(6)24(37-31)13-26-19(8-2)15(4)22(35-26)12-25(18)34-21/h7,11-13,16,20,34,37,40H,1,8-10H2,2-6H3/t16-,20-,33+/m0/s1. The molecule has 3 aromatic rings. The van der Waals surface area contributed by atoms with E-state index in [4.69, 9.17) is 9.97 Å². The number of rotatable bonds is 2. The molecule has 0 fully saturated rings. The zero-order valence-electron chi connectivity index (χ0n) is 23.5. The van der Waals surface area contributed by atoms with Gasteiger partial charge in [0.05, 0.1) is 28.2 Å². The topological polar surface area (TPSA) is 112 Å². The van der Waals surface area contributed by atoms with Gasteiger partial charge in [0.25, 0.3) is 0 Å². The molecule has 3 aromatic heterocycles. The number of H-pyrrole nitrogens is 2. The Kier molecular flexibility index (Phi) is 5.11. The Labute approximate surface area is 232 Å². The third-order valence-electron chi connectivity index (χ3n) is 9.64. The van der Waals surface area contributed by atoms with Gasteiger partial charge in [0.15, 0.2) is 5.78 Å². The van der Waals surface area contributed by atoms with E-state index in [1.807, 2.05) is 19.1 Å². The molecule has 3 N–H and O–H groups in total. The van der Waals surface area contributed by atoms with Gasteiger partial charge in [0.1, 0.15) is 0 Å². The number of nitrogens with zero attached hydrogens (tertiary/aromatic N) is 2. The lowest BCUT2D eigenvalue weighted by Gasteiger charge is -2.20. The van der Waals surface area contributed by atoms with E-state index in [1.165, 1.54) is 0 Å². The highest BCUT2D eigenvalue weighted by atomic mass is 16.3. The quantitative estimate of drug-likeness (QED) is 0.324. The second-order valence-corrected chi connectivity index (χ2v) is 11.6. The molecule has 0 aromatic carbocycles. The molecule has 7 nitrogen and oxygen atoms in total. The Morgan fingerprint density at radius 3 is 2.50 bits per heavy atom. The fraction of sp³-hybridized carbons (Fsp3) is 0.333. The number of nitrogens with one attached hydrogen (secondary N) is 2. The molecule has 0 saturated carbocycles. The molecule has 4 aliphatic rings. The predicted molar refractivity (Wildman–Crippen MR) is 157 cm³/mol. The van der Waals surface area contributed by atoms with Crippen LogP contribution in [0, 0.1) is 13.8 Å². The van der Waals surface area contributed by atoms with Gasteiger partial charge in [-0.2, -0.15) is 0 Å². The molecule has 0 radical (unpaired) electrons. The van der Waals surface area contributed by atoms with E-state index in [9.17, 15) is 14.7 Å². The Bertz CT molecular complexity index is 1920. The minimum Gasteiger partial charge on any atom is -0.371 e. The first-order valence-electron chi connectivity index (χ1n) is 14.0. The Morgan fingerprint density at radius 1 is 1.05 bits per heavy atom. The minimum absolute atomic E-state index is 0.00474. The van der Waals surface area contributed by atoms with Crippen molar-refractivity contribution in [1.82, 2.24) is 19.9 Å². The normalized spacial score (nSPS) is 23.4.